The van der Waals surface area contributed by atoms with E-state index < -0.39 is 17.9 Å². The van der Waals surface area contributed by atoms with Crippen molar-refractivity contribution in [3.63, 3.8) is 0 Å². The highest BCUT2D eigenvalue weighted by molar-refractivity contribution is 6.01. The van der Waals surface area contributed by atoms with Crippen LogP contribution in [0.5, 0.6) is 0 Å². The largest absolute Gasteiger partial charge is 0.461 e. The molecule has 0 aliphatic rings. The van der Waals surface area contributed by atoms with Crippen LogP contribution >= 0.6 is 0 Å². The number of carbonyl (C=O) groups excluding carboxylic acids is 3. The summed E-state index contributed by atoms with van der Waals surface area (Å²) in [5.74, 6) is -1.21. The van der Waals surface area contributed by atoms with E-state index in [-0.39, 0.29) is 25.4 Å². The number of nitrogens with one attached hydrogen (secondary N) is 2. The zero-order chi connectivity index (χ0) is 22.8. The van der Waals surface area contributed by atoms with Crippen LogP contribution < -0.4 is 10.6 Å². The van der Waals surface area contributed by atoms with Gasteiger partial charge >= 0.3 is 5.97 Å². The Morgan fingerprint density at radius 3 is 2.12 bits per heavy atom. The van der Waals surface area contributed by atoms with Crippen molar-refractivity contribution in [1.29, 1.82) is 0 Å². The quantitative estimate of drug-likeness (QED) is 0.497. The SMILES string of the molecule is Cc1ccc(NC(=O)C(CCC(=O)OCc2ccccc2)NC(=O)c2ccccc2)cc1. The van der Waals surface area contributed by atoms with E-state index in [1.165, 1.54) is 0 Å². The predicted octanol–water partition coefficient (Wildman–Crippen LogP) is 4.26. The van der Waals surface area contributed by atoms with Crippen LogP contribution in [0.15, 0.2) is 84.9 Å². The van der Waals surface area contributed by atoms with Crippen LogP contribution in [0.2, 0.25) is 0 Å². The van der Waals surface area contributed by atoms with Gasteiger partial charge in [0.25, 0.3) is 5.91 Å². The summed E-state index contributed by atoms with van der Waals surface area (Å²) >= 11 is 0. The van der Waals surface area contributed by atoms with E-state index >= 15 is 0 Å². The summed E-state index contributed by atoms with van der Waals surface area (Å²) in [6, 6.07) is 24.4. The van der Waals surface area contributed by atoms with Crippen LogP contribution in [0, 0.1) is 6.92 Å². The minimum Gasteiger partial charge on any atom is -0.461 e. The molecular weight excluding hydrogens is 404 g/mol. The Labute approximate surface area is 187 Å². The number of benzene rings is 3. The maximum absolute atomic E-state index is 12.9. The third kappa shape index (κ3) is 7.09. The number of anilines is 1. The highest BCUT2D eigenvalue weighted by Crippen LogP contribution is 2.12. The van der Waals surface area contributed by atoms with Gasteiger partial charge in [-0.15, -0.1) is 0 Å². The zero-order valence-corrected chi connectivity index (χ0v) is 17.9. The molecule has 3 aromatic carbocycles. The molecule has 0 fully saturated rings. The van der Waals surface area contributed by atoms with E-state index in [1.807, 2.05) is 49.4 Å². The molecule has 3 rings (SSSR count). The summed E-state index contributed by atoms with van der Waals surface area (Å²) in [6.07, 6.45) is 0.109. The first-order valence-electron chi connectivity index (χ1n) is 10.4. The molecule has 2 amide bonds. The minimum atomic E-state index is -0.895. The van der Waals surface area contributed by atoms with Crippen molar-refractivity contribution in [2.24, 2.45) is 0 Å². The number of ether oxygens (including phenoxy) is 1. The summed E-state index contributed by atoms with van der Waals surface area (Å²) in [5, 5.41) is 5.54. The molecule has 6 nitrogen and oxygen atoms in total. The van der Waals surface area contributed by atoms with Crippen LogP contribution in [-0.2, 0) is 20.9 Å². The van der Waals surface area contributed by atoms with Gasteiger partial charge in [-0.3, -0.25) is 14.4 Å². The summed E-state index contributed by atoms with van der Waals surface area (Å²) in [7, 11) is 0. The Morgan fingerprint density at radius 1 is 0.844 bits per heavy atom. The Bertz CT molecular complexity index is 1030. The second-order valence-corrected chi connectivity index (χ2v) is 7.43. The number of esters is 1. The Hall–Kier alpha value is -3.93. The molecule has 0 saturated carbocycles. The summed E-state index contributed by atoms with van der Waals surface area (Å²) < 4.78 is 5.30. The Morgan fingerprint density at radius 2 is 1.47 bits per heavy atom. The molecule has 0 saturated heterocycles. The molecule has 0 heterocycles. The molecule has 2 N–H and O–H groups in total. The first-order valence-corrected chi connectivity index (χ1v) is 10.4. The van der Waals surface area contributed by atoms with Crippen LogP contribution in [0.25, 0.3) is 0 Å². The third-order valence-corrected chi connectivity index (χ3v) is 4.86. The van der Waals surface area contributed by atoms with Crippen molar-refractivity contribution in [2.75, 3.05) is 5.32 Å². The van der Waals surface area contributed by atoms with Crippen molar-refractivity contribution in [3.05, 3.63) is 102 Å². The van der Waals surface area contributed by atoms with Gasteiger partial charge < -0.3 is 15.4 Å². The van der Waals surface area contributed by atoms with Gasteiger partial charge in [0.2, 0.25) is 5.91 Å². The Balaban J connectivity index is 1.62. The molecule has 0 spiro atoms. The maximum atomic E-state index is 12.9. The fraction of sp³-hybridized carbons (Fsp3) is 0.192. The van der Waals surface area contributed by atoms with E-state index in [2.05, 4.69) is 10.6 Å². The van der Waals surface area contributed by atoms with Crippen molar-refractivity contribution >= 4 is 23.5 Å². The molecular formula is C26H26N2O4. The molecule has 0 aliphatic carbocycles. The molecule has 0 bridgehead atoms. The fourth-order valence-electron chi connectivity index (χ4n) is 3.04. The molecule has 3 aromatic rings. The number of carbonyl (C=O) groups is 3. The summed E-state index contributed by atoms with van der Waals surface area (Å²) in [4.78, 5) is 37.7. The lowest BCUT2D eigenvalue weighted by molar-refractivity contribution is -0.145. The minimum absolute atomic E-state index is 0.00606. The molecule has 6 heteroatoms. The first kappa shape index (κ1) is 22.7. The average Bonchev–Trinajstić information content (AvgIpc) is 2.82. The zero-order valence-electron chi connectivity index (χ0n) is 17.9. The third-order valence-electron chi connectivity index (χ3n) is 4.86. The monoisotopic (exact) mass is 430 g/mol. The Kier molecular flexibility index (Phi) is 8.15. The normalized spacial score (nSPS) is 11.3. The molecule has 164 valence electrons. The number of amides is 2. The smallest absolute Gasteiger partial charge is 0.306 e. The molecule has 0 aliphatic heterocycles. The lowest BCUT2D eigenvalue weighted by Crippen LogP contribution is -2.44. The van der Waals surface area contributed by atoms with E-state index in [0.29, 0.717) is 11.3 Å². The van der Waals surface area contributed by atoms with Gasteiger partial charge in [-0.1, -0.05) is 66.2 Å². The summed E-state index contributed by atoms with van der Waals surface area (Å²) in [6.45, 7) is 2.12. The predicted molar refractivity (Wildman–Crippen MR) is 123 cm³/mol. The van der Waals surface area contributed by atoms with Crippen LogP contribution in [-0.4, -0.2) is 23.8 Å². The van der Waals surface area contributed by atoms with Crippen LogP contribution in [0.4, 0.5) is 5.69 Å². The van der Waals surface area contributed by atoms with Crippen LogP contribution in [0.1, 0.15) is 34.3 Å². The lowest BCUT2D eigenvalue weighted by Gasteiger charge is -2.18. The lowest BCUT2D eigenvalue weighted by atomic mass is 10.1. The fourth-order valence-corrected chi connectivity index (χ4v) is 3.04. The molecule has 1 atom stereocenters. The highest BCUT2D eigenvalue weighted by atomic mass is 16.5. The van der Waals surface area contributed by atoms with E-state index in [4.69, 9.17) is 4.74 Å². The highest BCUT2D eigenvalue weighted by Gasteiger charge is 2.23. The van der Waals surface area contributed by atoms with Gasteiger partial charge in [0.1, 0.15) is 12.6 Å². The van der Waals surface area contributed by atoms with Crippen molar-refractivity contribution in [1.82, 2.24) is 5.32 Å². The van der Waals surface area contributed by atoms with E-state index in [1.54, 1.807) is 42.5 Å². The van der Waals surface area contributed by atoms with Crippen molar-refractivity contribution < 1.29 is 19.1 Å². The standard InChI is InChI=1S/C26H26N2O4/c1-19-12-14-22(15-13-19)27-26(31)23(28-25(30)21-10-6-3-7-11-21)16-17-24(29)32-18-20-8-4-2-5-9-20/h2-15,23H,16-18H2,1H3,(H,27,31)(H,28,30). The van der Waals surface area contributed by atoms with Gasteiger partial charge in [-0.05, 0) is 43.2 Å². The first-order chi connectivity index (χ1) is 15.5. The topological polar surface area (TPSA) is 84.5 Å². The van der Waals surface area contributed by atoms with E-state index in [0.717, 1.165) is 11.1 Å². The van der Waals surface area contributed by atoms with Crippen molar-refractivity contribution in [2.45, 2.75) is 32.4 Å². The maximum Gasteiger partial charge on any atom is 0.306 e. The van der Waals surface area contributed by atoms with Crippen LogP contribution in [0.3, 0.4) is 0 Å². The van der Waals surface area contributed by atoms with Gasteiger partial charge in [0.15, 0.2) is 0 Å². The van der Waals surface area contributed by atoms with E-state index in [9.17, 15) is 14.4 Å². The van der Waals surface area contributed by atoms with Gasteiger partial charge in [0.05, 0.1) is 0 Å². The second-order valence-electron chi connectivity index (χ2n) is 7.43. The number of hydrogen-bond acceptors (Lipinski definition) is 4. The molecule has 1 unspecified atom stereocenters. The number of rotatable bonds is 9. The van der Waals surface area contributed by atoms with Gasteiger partial charge in [-0.2, -0.15) is 0 Å². The van der Waals surface area contributed by atoms with Gasteiger partial charge in [-0.25, -0.2) is 0 Å². The number of aryl methyl sites for hydroxylation is 1. The molecule has 0 radical (unpaired) electrons. The summed E-state index contributed by atoms with van der Waals surface area (Å²) in [5.41, 5.74) is 3.00. The second kappa shape index (κ2) is 11.5. The molecule has 32 heavy (non-hydrogen) atoms. The van der Waals surface area contributed by atoms with Gasteiger partial charge in [0, 0.05) is 17.7 Å². The average molecular weight is 431 g/mol. The number of hydrogen-bond donors (Lipinski definition) is 2. The van der Waals surface area contributed by atoms with Crippen molar-refractivity contribution in [3.8, 4) is 0 Å². The molecule has 0 aromatic heterocycles.